The molecule has 0 heterocycles. The van der Waals surface area contributed by atoms with Crippen molar-refractivity contribution in [2.75, 3.05) is 0 Å². The zero-order valence-electron chi connectivity index (χ0n) is 35.4. The molecule has 3 aliphatic rings. The summed E-state index contributed by atoms with van der Waals surface area (Å²) in [5.41, 5.74) is -0.175. The van der Waals surface area contributed by atoms with E-state index in [-0.39, 0.29) is 68.5 Å². The average molecular weight is 925 g/mol. The Kier molecular flexibility index (Phi) is 10.7. The predicted molar refractivity (Wildman–Crippen MR) is 243 cm³/mol. The maximum atomic E-state index is 11.9. The average Bonchev–Trinajstić information content (AvgIpc) is 3.27. The molecule has 6 unspecified atom stereocenters. The van der Waals surface area contributed by atoms with E-state index < -0.39 is 128 Å². The van der Waals surface area contributed by atoms with Crippen molar-refractivity contribution in [2.45, 2.75) is 36.5 Å². The molecule has 6 aromatic carbocycles. The first kappa shape index (κ1) is 44.3. The summed E-state index contributed by atoms with van der Waals surface area (Å²) in [5.74, 6) is -15.7. The van der Waals surface area contributed by atoms with E-state index in [0.29, 0.717) is 0 Å². The smallest absolute Gasteiger partial charge is 0.157 e. The summed E-state index contributed by atoms with van der Waals surface area (Å²) < 4.78 is 0. The Balaban J connectivity index is 1.46. The van der Waals surface area contributed by atoms with E-state index in [0.717, 1.165) is 48.5 Å². The van der Waals surface area contributed by atoms with Crippen LogP contribution in [0.1, 0.15) is 92.1 Å². The molecule has 9 rings (SSSR count). The zero-order valence-corrected chi connectivity index (χ0v) is 35.4. The number of aliphatic hydroxyl groups is 4. The summed E-state index contributed by atoms with van der Waals surface area (Å²) in [6.07, 6.45) is 4.90. The first-order valence-corrected chi connectivity index (χ1v) is 21.2. The van der Waals surface area contributed by atoms with E-state index in [1.807, 2.05) is 0 Å². The number of aliphatic hydroxyl groups excluding tert-OH is 4. The highest BCUT2D eigenvalue weighted by atomic mass is 16.3. The van der Waals surface area contributed by atoms with Gasteiger partial charge < -0.3 is 81.7 Å². The molecule has 0 saturated heterocycles. The minimum atomic E-state index is -1.38. The van der Waals surface area contributed by atoms with Crippen molar-refractivity contribution in [3.8, 4) is 69.0 Å². The van der Waals surface area contributed by atoms with E-state index in [1.165, 1.54) is 60.7 Å². The normalized spacial score (nSPS) is 21.2. The molecule has 0 radical (unpaired) electrons. The second-order valence-electron chi connectivity index (χ2n) is 17.3. The van der Waals surface area contributed by atoms with Crippen LogP contribution in [0.3, 0.4) is 0 Å². The molecule has 348 valence electrons. The molecular formula is C52H44O16. The molecule has 16 nitrogen and oxygen atoms in total. The lowest BCUT2D eigenvalue weighted by Crippen LogP contribution is -2.20. The summed E-state index contributed by atoms with van der Waals surface area (Å²) in [7, 11) is 0. The second-order valence-corrected chi connectivity index (χ2v) is 17.3. The van der Waals surface area contributed by atoms with Crippen LogP contribution in [-0.4, -0.2) is 81.7 Å². The third-order valence-electron chi connectivity index (χ3n) is 13.3. The molecule has 0 amide bonds. The summed E-state index contributed by atoms with van der Waals surface area (Å²) in [4.78, 5) is 0. The van der Waals surface area contributed by atoms with E-state index in [9.17, 15) is 81.7 Å². The van der Waals surface area contributed by atoms with Crippen molar-refractivity contribution in [1.82, 2.24) is 0 Å². The van der Waals surface area contributed by atoms with Crippen LogP contribution >= 0.6 is 0 Å². The first-order chi connectivity index (χ1) is 32.3. The molecule has 6 aromatic rings. The molecular weight excluding hydrogens is 881 g/mol. The number of allylic oxidation sites excluding steroid dienone is 6. The highest BCUT2D eigenvalue weighted by molar-refractivity contribution is 5.66. The third kappa shape index (κ3) is 7.46. The Morgan fingerprint density at radius 2 is 0.559 bits per heavy atom. The zero-order chi connectivity index (χ0) is 48.6. The van der Waals surface area contributed by atoms with E-state index >= 15 is 0 Å². The molecule has 8 bridgehead atoms. The number of rotatable bonds is 4. The van der Waals surface area contributed by atoms with Gasteiger partial charge in [0.2, 0.25) is 0 Å². The van der Waals surface area contributed by atoms with Gasteiger partial charge in [-0.3, -0.25) is 0 Å². The van der Waals surface area contributed by atoms with Crippen LogP contribution in [0.25, 0.3) is 0 Å². The summed E-state index contributed by atoms with van der Waals surface area (Å²) >= 11 is 0. The fraction of sp³-hybridized carbons (Fsp3) is 0.154. The van der Waals surface area contributed by atoms with Gasteiger partial charge in [-0.05, 0) is 83.6 Å². The molecule has 0 spiro atoms. The van der Waals surface area contributed by atoms with Crippen LogP contribution in [-0.2, 0) is 0 Å². The largest absolute Gasteiger partial charge is 0.508 e. The number of hydrogen-bond acceptors (Lipinski definition) is 16. The van der Waals surface area contributed by atoms with Crippen molar-refractivity contribution in [1.29, 1.82) is 0 Å². The van der Waals surface area contributed by atoms with Gasteiger partial charge in [0.25, 0.3) is 0 Å². The number of phenolic OH excluding ortho intramolecular Hbond substituents is 12. The molecule has 16 heteroatoms. The third-order valence-corrected chi connectivity index (χ3v) is 13.3. The number of benzene rings is 6. The predicted octanol–water partition coefficient (Wildman–Crippen LogP) is 8.90. The fourth-order valence-corrected chi connectivity index (χ4v) is 9.99. The molecule has 0 fully saturated rings. The van der Waals surface area contributed by atoms with Gasteiger partial charge in [0, 0.05) is 105 Å². The summed E-state index contributed by atoms with van der Waals surface area (Å²) in [6.45, 7) is 0. The van der Waals surface area contributed by atoms with Crippen molar-refractivity contribution >= 4 is 0 Å². The Labute approximate surface area is 385 Å². The van der Waals surface area contributed by atoms with Gasteiger partial charge in [0.05, 0.1) is 0 Å². The Morgan fingerprint density at radius 3 is 0.853 bits per heavy atom. The SMILES string of the molecule is OC1=C(O)CC(C2c3cc(c(O)cc3O)C(c3ccc(O)c(O)c3)c3cc(c(O)cc3O)C(c3ccc(O)c(O)c3)c3cc(c(O)cc3O)C(C3C=CC(O)=C(O)C3)c3cc2c(O)cc3O)C=C1. The lowest BCUT2D eigenvalue weighted by atomic mass is 9.71. The van der Waals surface area contributed by atoms with Gasteiger partial charge >= 0.3 is 0 Å². The number of phenols is 12. The number of hydrogen-bond donors (Lipinski definition) is 16. The van der Waals surface area contributed by atoms with Crippen molar-refractivity contribution in [2.24, 2.45) is 11.8 Å². The molecule has 68 heavy (non-hydrogen) atoms. The Morgan fingerprint density at radius 1 is 0.279 bits per heavy atom. The van der Waals surface area contributed by atoms with Crippen LogP contribution in [0.15, 0.2) is 132 Å². The van der Waals surface area contributed by atoms with Gasteiger partial charge in [-0.25, -0.2) is 0 Å². The fourth-order valence-electron chi connectivity index (χ4n) is 9.99. The van der Waals surface area contributed by atoms with Gasteiger partial charge in [-0.15, -0.1) is 0 Å². The molecule has 6 atom stereocenters. The van der Waals surface area contributed by atoms with Gasteiger partial charge in [0.1, 0.15) is 57.5 Å². The number of aromatic hydroxyl groups is 12. The van der Waals surface area contributed by atoms with Crippen molar-refractivity contribution in [3.05, 3.63) is 188 Å². The van der Waals surface area contributed by atoms with Gasteiger partial charge in [0.15, 0.2) is 34.5 Å². The second kappa shape index (κ2) is 16.5. The standard InChI is InChI=1S/C52H44O16/c53-33-5-1-21(9-45(33)65)49-25-13-27(39(59)17-37(25)57)50(22-2-6-34(54)46(66)10-22)29-15-31(43(63)19-41(29)61)52(24-4-8-36(56)48(68)12-24)32-16-30(42(62)20-44(32)64)51(23-3-7-35(55)47(67)11-23)28-14-26(49)38(58)18-40(28)60/h1-10,13-20,23-24,49-68H,11-12H2. The van der Waals surface area contributed by atoms with Crippen molar-refractivity contribution in [3.63, 3.8) is 0 Å². The number of fused-ring (bicyclic) bond motifs is 8. The highest BCUT2D eigenvalue weighted by Gasteiger charge is 2.39. The topological polar surface area (TPSA) is 324 Å². The monoisotopic (exact) mass is 924 g/mol. The molecule has 3 aliphatic carbocycles. The molecule has 0 aromatic heterocycles. The maximum absolute atomic E-state index is 11.9. The molecule has 0 saturated carbocycles. The van der Waals surface area contributed by atoms with E-state index in [4.69, 9.17) is 0 Å². The van der Waals surface area contributed by atoms with Crippen LogP contribution in [0.5, 0.6) is 69.0 Å². The molecule has 0 aliphatic heterocycles. The quantitative estimate of drug-likeness (QED) is 0.0734. The van der Waals surface area contributed by atoms with Gasteiger partial charge in [-0.2, -0.15) is 0 Å². The van der Waals surface area contributed by atoms with Crippen molar-refractivity contribution < 1.29 is 81.7 Å². The minimum absolute atomic E-state index is 0.0161. The van der Waals surface area contributed by atoms with E-state index in [2.05, 4.69) is 0 Å². The van der Waals surface area contributed by atoms with Crippen LogP contribution < -0.4 is 0 Å². The minimum Gasteiger partial charge on any atom is -0.508 e. The maximum Gasteiger partial charge on any atom is 0.157 e. The molecule has 16 N–H and O–H groups in total. The van der Waals surface area contributed by atoms with Gasteiger partial charge in [-0.1, -0.05) is 24.3 Å². The first-order valence-electron chi connectivity index (χ1n) is 21.2. The van der Waals surface area contributed by atoms with Crippen LogP contribution in [0.4, 0.5) is 0 Å². The Hall–Kier alpha value is -8.92. The summed E-state index contributed by atoms with van der Waals surface area (Å²) in [5, 5.41) is 181. The Bertz CT molecular complexity index is 3000. The summed E-state index contributed by atoms with van der Waals surface area (Å²) in [6, 6.07) is 16.7. The lowest BCUT2D eigenvalue weighted by molar-refractivity contribution is 0.294. The highest BCUT2D eigenvalue weighted by Crippen LogP contribution is 2.56. The van der Waals surface area contributed by atoms with Crippen LogP contribution in [0.2, 0.25) is 0 Å². The van der Waals surface area contributed by atoms with E-state index in [1.54, 1.807) is 0 Å². The lowest BCUT2D eigenvalue weighted by Gasteiger charge is -2.33. The van der Waals surface area contributed by atoms with Crippen LogP contribution in [0, 0.1) is 11.8 Å².